The fourth-order valence-electron chi connectivity index (χ4n) is 11.0. The van der Waals surface area contributed by atoms with Crippen LogP contribution in [0.15, 0.2) is 48.5 Å². The summed E-state index contributed by atoms with van der Waals surface area (Å²) in [6.07, 6.45) is 20.9. The molecular weight excluding hydrogens is 581 g/mol. The van der Waals surface area contributed by atoms with Crippen molar-refractivity contribution in [3.63, 3.8) is 0 Å². The third-order valence-corrected chi connectivity index (χ3v) is 13.3. The van der Waals surface area contributed by atoms with Crippen LogP contribution in [0.25, 0.3) is 22.3 Å². The molecular formula is C46H52N2. The standard InChI is InChI=1S/C46H52N2/c1-5-13-39-31(9-1)17-21-35-27-47(28-36-22-18-32-10-2-6-14-40(32)44(36)43(35)39)25-26-48-29-37-23-19-33-11-3-7-15-41(33)45(37)46-38(30-48)24-20-34-12-4-8-16-42(34)46/h17-24H,1-16,25-30H2. The lowest BCUT2D eigenvalue weighted by atomic mass is 9.78. The molecule has 4 aromatic carbocycles. The summed E-state index contributed by atoms with van der Waals surface area (Å²) in [5, 5.41) is 0. The van der Waals surface area contributed by atoms with Gasteiger partial charge in [0.1, 0.15) is 0 Å². The normalized spacial score (nSPS) is 20.1. The molecule has 0 aromatic heterocycles. The first kappa shape index (κ1) is 29.7. The van der Waals surface area contributed by atoms with Crippen LogP contribution >= 0.6 is 0 Å². The molecule has 0 amide bonds. The average Bonchev–Trinajstić information content (AvgIpc) is 3.42. The summed E-state index contributed by atoms with van der Waals surface area (Å²) >= 11 is 0. The zero-order valence-electron chi connectivity index (χ0n) is 29.1. The van der Waals surface area contributed by atoms with E-state index in [0.29, 0.717) is 0 Å². The number of rotatable bonds is 3. The number of fused-ring (bicyclic) bond motifs is 14. The summed E-state index contributed by atoms with van der Waals surface area (Å²) in [6.45, 7) is 6.55. The van der Waals surface area contributed by atoms with E-state index in [1.807, 2.05) is 0 Å². The Kier molecular flexibility index (Phi) is 7.60. The van der Waals surface area contributed by atoms with Gasteiger partial charge in [-0.15, -0.1) is 0 Å². The van der Waals surface area contributed by atoms with Gasteiger partial charge in [-0.1, -0.05) is 48.5 Å². The zero-order valence-corrected chi connectivity index (χ0v) is 29.1. The predicted molar refractivity (Wildman–Crippen MR) is 199 cm³/mol. The Hall–Kier alpha value is -3.20. The molecule has 0 fully saturated rings. The summed E-state index contributed by atoms with van der Waals surface area (Å²) in [7, 11) is 0. The lowest BCUT2D eigenvalue weighted by molar-refractivity contribution is 0.185. The molecule has 2 heterocycles. The molecule has 246 valence electrons. The van der Waals surface area contributed by atoms with Gasteiger partial charge in [-0.25, -0.2) is 0 Å². The summed E-state index contributed by atoms with van der Waals surface area (Å²) in [4.78, 5) is 5.61. The summed E-state index contributed by atoms with van der Waals surface area (Å²) in [5.74, 6) is 0. The first-order valence-corrected chi connectivity index (χ1v) is 19.8. The molecule has 4 aromatic rings. The topological polar surface area (TPSA) is 6.48 Å². The third-order valence-electron chi connectivity index (χ3n) is 13.3. The van der Waals surface area contributed by atoms with Crippen LogP contribution in [0, 0.1) is 0 Å². The van der Waals surface area contributed by atoms with E-state index < -0.39 is 0 Å². The number of hydrogen-bond acceptors (Lipinski definition) is 2. The first-order valence-electron chi connectivity index (χ1n) is 19.8. The zero-order chi connectivity index (χ0) is 31.6. The van der Waals surface area contributed by atoms with Gasteiger partial charge < -0.3 is 0 Å². The largest absolute Gasteiger partial charge is 0.294 e. The Morgan fingerprint density at radius 2 is 0.521 bits per heavy atom. The average molecular weight is 633 g/mol. The van der Waals surface area contributed by atoms with Gasteiger partial charge in [-0.2, -0.15) is 0 Å². The van der Waals surface area contributed by atoms with E-state index >= 15 is 0 Å². The Morgan fingerprint density at radius 3 is 0.792 bits per heavy atom. The van der Waals surface area contributed by atoms with Gasteiger partial charge in [0, 0.05) is 39.3 Å². The molecule has 0 radical (unpaired) electrons. The highest BCUT2D eigenvalue weighted by Crippen LogP contribution is 2.45. The van der Waals surface area contributed by atoms with Crippen LogP contribution < -0.4 is 0 Å². The number of aryl methyl sites for hydroxylation is 4. The fourth-order valence-corrected chi connectivity index (χ4v) is 11.0. The molecule has 2 nitrogen and oxygen atoms in total. The molecule has 2 heteroatoms. The van der Waals surface area contributed by atoms with E-state index in [1.165, 1.54) is 103 Å². The van der Waals surface area contributed by atoms with E-state index in [-0.39, 0.29) is 0 Å². The van der Waals surface area contributed by atoms with Crippen molar-refractivity contribution >= 4 is 0 Å². The van der Waals surface area contributed by atoms with Crippen LogP contribution in [0.5, 0.6) is 0 Å². The lowest BCUT2D eigenvalue weighted by Gasteiger charge is -2.27. The van der Waals surface area contributed by atoms with Crippen LogP contribution in [0.4, 0.5) is 0 Å². The molecule has 0 saturated heterocycles. The van der Waals surface area contributed by atoms with Crippen molar-refractivity contribution in [2.45, 2.75) is 129 Å². The minimum absolute atomic E-state index is 1.08. The van der Waals surface area contributed by atoms with E-state index in [4.69, 9.17) is 0 Å². The number of benzene rings is 4. The maximum atomic E-state index is 2.81. The van der Waals surface area contributed by atoms with Crippen molar-refractivity contribution < 1.29 is 0 Å². The molecule has 0 unspecified atom stereocenters. The van der Waals surface area contributed by atoms with Crippen LogP contribution in [0.2, 0.25) is 0 Å². The quantitative estimate of drug-likeness (QED) is 0.222. The van der Waals surface area contributed by atoms with Crippen LogP contribution in [0.3, 0.4) is 0 Å². The molecule has 10 rings (SSSR count). The SMILES string of the molecule is c1cc2c(c3c1CCCC3)-c1c(ccc3c1CCCC3)CN(CCN1Cc3ccc4c(c3-c3c(ccc5c3CCCC5)C1)CCCC4)C2. The smallest absolute Gasteiger partial charge is 0.0244 e. The maximum absolute atomic E-state index is 2.81. The van der Waals surface area contributed by atoms with Gasteiger partial charge in [-0.05, 0) is 192 Å². The minimum Gasteiger partial charge on any atom is -0.294 e. The van der Waals surface area contributed by atoms with Gasteiger partial charge >= 0.3 is 0 Å². The second-order valence-electron chi connectivity index (χ2n) is 16.2. The first-order chi connectivity index (χ1) is 23.8. The highest BCUT2D eigenvalue weighted by molar-refractivity contribution is 5.81. The Morgan fingerprint density at radius 1 is 0.292 bits per heavy atom. The Balaban J connectivity index is 1.01. The molecule has 0 spiro atoms. The third kappa shape index (κ3) is 5.04. The van der Waals surface area contributed by atoms with Crippen molar-refractivity contribution in [2.75, 3.05) is 13.1 Å². The van der Waals surface area contributed by atoms with Crippen molar-refractivity contribution in [3.05, 3.63) is 115 Å². The number of nitrogens with zero attached hydrogens (tertiary/aromatic N) is 2. The maximum Gasteiger partial charge on any atom is 0.0244 e. The summed E-state index contributed by atoms with van der Waals surface area (Å²) in [6, 6.07) is 20.2. The second-order valence-corrected chi connectivity index (χ2v) is 16.2. The van der Waals surface area contributed by atoms with E-state index in [1.54, 1.807) is 89.0 Å². The summed E-state index contributed by atoms with van der Waals surface area (Å²) < 4.78 is 0. The molecule has 0 N–H and O–H groups in total. The van der Waals surface area contributed by atoms with Gasteiger partial charge in [-0.3, -0.25) is 9.80 Å². The summed E-state index contributed by atoms with van der Waals surface area (Å²) in [5.41, 5.74) is 26.4. The van der Waals surface area contributed by atoms with Crippen LogP contribution in [-0.4, -0.2) is 22.9 Å². The molecule has 0 atom stereocenters. The lowest BCUT2D eigenvalue weighted by Crippen LogP contribution is -2.33. The van der Waals surface area contributed by atoms with Crippen LogP contribution in [0.1, 0.15) is 118 Å². The molecule has 4 aliphatic carbocycles. The molecule has 0 bridgehead atoms. The highest BCUT2D eigenvalue weighted by Gasteiger charge is 2.31. The second kappa shape index (κ2) is 12.3. The van der Waals surface area contributed by atoms with Crippen molar-refractivity contribution in [3.8, 4) is 22.3 Å². The van der Waals surface area contributed by atoms with Gasteiger partial charge in [0.15, 0.2) is 0 Å². The van der Waals surface area contributed by atoms with E-state index in [9.17, 15) is 0 Å². The minimum atomic E-state index is 1.08. The molecule has 2 aliphatic heterocycles. The fraction of sp³-hybridized carbons (Fsp3) is 0.478. The Bertz CT molecular complexity index is 1640. The van der Waals surface area contributed by atoms with Crippen molar-refractivity contribution in [2.24, 2.45) is 0 Å². The van der Waals surface area contributed by atoms with E-state index in [0.717, 1.165) is 39.3 Å². The molecule has 48 heavy (non-hydrogen) atoms. The van der Waals surface area contributed by atoms with Crippen molar-refractivity contribution in [1.29, 1.82) is 0 Å². The van der Waals surface area contributed by atoms with Crippen molar-refractivity contribution in [1.82, 2.24) is 9.80 Å². The molecule has 0 saturated carbocycles. The van der Waals surface area contributed by atoms with Gasteiger partial charge in [0.05, 0.1) is 0 Å². The van der Waals surface area contributed by atoms with Gasteiger partial charge in [0.25, 0.3) is 0 Å². The van der Waals surface area contributed by atoms with E-state index in [2.05, 4.69) is 58.3 Å². The Labute approximate surface area is 288 Å². The molecule has 6 aliphatic rings. The monoisotopic (exact) mass is 632 g/mol. The number of hydrogen-bond donors (Lipinski definition) is 0. The van der Waals surface area contributed by atoms with Crippen LogP contribution in [-0.2, 0) is 77.5 Å². The predicted octanol–water partition coefficient (Wildman–Crippen LogP) is 9.87. The van der Waals surface area contributed by atoms with Gasteiger partial charge in [0.2, 0.25) is 0 Å². The highest BCUT2D eigenvalue weighted by atomic mass is 15.2.